The van der Waals surface area contributed by atoms with Gasteiger partial charge in [0.25, 0.3) is 0 Å². The fraction of sp³-hybridized carbons (Fsp3) is 0.241. The average molecular weight is 455 g/mol. The van der Waals surface area contributed by atoms with Crippen LogP contribution >= 0.6 is 22.7 Å². The summed E-state index contributed by atoms with van der Waals surface area (Å²) in [5.74, 6) is 0. The van der Waals surface area contributed by atoms with E-state index in [0.717, 1.165) is 26.1 Å². The number of unbranched alkanes of at least 4 members (excludes halogenated alkanes) is 1. The van der Waals surface area contributed by atoms with E-state index in [1.54, 1.807) is 0 Å². The molecule has 0 amide bonds. The average Bonchev–Trinajstić information content (AvgIpc) is 3.31. The lowest BCUT2D eigenvalue weighted by Crippen LogP contribution is -1.94. The summed E-state index contributed by atoms with van der Waals surface area (Å²) in [6.45, 7) is 5.92. The van der Waals surface area contributed by atoms with Crippen LogP contribution in [0.3, 0.4) is 0 Å². The first-order chi connectivity index (χ1) is 15.7. The molecule has 3 heteroatoms. The Morgan fingerprint density at radius 1 is 0.688 bits per heavy atom. The third-order valence-corrected chi connectivity index (χ3v) is 8.93. The van der Waals surface area contributed by atoms with Crippen molar-refractivity contribution < 1.29 is 4.74 Å². The summed E-state index contributed by atoms with van der Waals surface area (Å²) in [7, 11) is 0. The summed E-state index contributed by atoms with van der Waals surface area (Å²) >= 11 is 3.90. The van der Waals surface area contributed by atoms with Gasteiger partial charge < -0.3 is 4.74 Å². The van der Waals surface area contributed by atoms with E-state index in [9.17, 15) is 0 Å². The fourth-order valence-electron chi connectivity index (χ4n) is 4.75. The van der Waals surface area contributed by atoms with E-state index in [4.69, 9.17) is 4.74 Å². The summed E-state index contributed by atoms with van der Waals surface area (Å²) in [6.07, 6.45) is 3.44. The van der Waals surface area contributed by atoms with Crippen molar-refractivity contribution in [2.24, 2.45) is 0 Å². The van der Waals surface area contributed by atoms with E-state index in [2.05, 4.69) is 74.5 Å². The molecule has 160 valence electrons. The quantitative estimate of drug-likeness (QED) is 0.228. The first-order valence-electron chi connectivity index (χ1n) is 11.5. The van der Waals surface area contributed by atoms with Crippen LogP contribution in [0.15, 0.2) is 60.7 Å². The summed E-state index contributed by atoms with van der Waals surface area (Å²) in [5, 5.41) is 8.19. The predicted molar refractivity (Wildman–Crippen MR) is 144 cm³/mol. The highest BCUT2D eigenvalue weighted by Crippen LogP contribution is 2.46. The molecule has 0 aliphatic heterocycles. The number of benzene rings is 4. The van der Waals surface area contributed by atoms with Gasteiger partial charge in [-0.15, -0.1) is 22.7 Å². The second-order valence-electron chi connectivity index (χ2n) is 8.75. The summed E-state index contributed by atoms with van der Waals surface area (Å²) in [5.41, 5.74) is 2.75. The largest absolute Gasteiger partial charge is 0.382 e. The minimum Gasteiger partial charge on any atom is -0.382 e. The van der Waals surface area contributed by atoms with Gasteiger partial charge in [0.15, 0.2) is 0 Å². The topological polar surface area (TPSA) is 9.23 Å². The second kappa shape index (κ2) is 8.15. The zero-order valence-corrected chi connectivity index (χ0v) is 20.2. The summed E-state index contributed by atoms with van der Waals surface area (Å²) < 4.78 is 11.1. The lowest BCUT2D eigenvalue weighted by Gasteiger charge is -2.05. The molecule has 2 aromatic heterocycles. The van der Waals surface area contributed by atoms with Crippen molar-refractivity contribution >= 4 is 73.8 Å². The van der Waals surface area contributed by atoms with Gasteiger partial charge in [-0.05, 0) is 84.5 Å². The van der Waals surface area contributed by atoms with Gasteiger partial charge >= 0.3 is 0 Å². The van der Waals surface area contributed by atoms with Gasteiger partial charge in [0.2, 0.25) is 0 Å². The lowest BCUT2D eigenvalue weighted by molar-refractivity contribution is 0.143. The monoisotopic (exact) mass is 454 g/mol. The third-order valence-electron chi connectivity index (χ3n) is 6.43. The number of thiophene rings is 2. The maximum Gasteiger partial charge on any atom is 0.0542 e. The Hall–Kier alpha value is -2.46. The zero-order chi connectivity index (χ0) is 21.7. The van der Waals surface area contributed by atoms with Crippen LogP contribution in [0.25, 0.3) is 51.1 Å². The molecule has 0 radical (unpaired) electrons. The summed E-state index contributed by atoms with van der Waals surface area (Å²) in [6, 6.07) is 23.3. The van der Waals surface area contributed by atoms with Crippen LogP contribution in [0.2, 0.25) is 0 Å². The highest BCUT2D eigenvalue weighted by atomic mass is 32.1. The van der Waals surface area contributed by atoms with Crippen molar-refractivity contribution in [3.05, 3.63) is 71.8 Å². The Morgan fingerprint density at radius 2 is 1.34 bits per heavy atom. The Morgan fingerprint density at radius 3 is 2.03 bits per heavy atom. The Kier molecular flexibility index (Phi) is 5.14. The van der Waals surface area contributed by atoms with Crippen LogP contribution in [0.4, 0.5) is 0 Å². The molecule has 0 fully saturated rings. The molecule has 6 rings (SSSR count). The molecule has 32 heavy (non-hydrogen) atoms. The highest BCUT2D eigenvalue weighted by Gasteiger charge is 2.14. The predicted octanol–water partition coefficient (Wildman–Crippen LogP) is 9.24. The van der Waals surface area contributed by atoms with Crippen molar-refractivity contribution in [1.82, 2.24) is 0 Å². The molecule has 2 heterocycles. The number of hydrogen-bond acceptors (Lipinski definition) is 3. The number of fused-ring (bicyclic) bond motifs is 7. The van der Waals surface area contributed by atoms with Crippen molar-refractivity contribution in [3.63, 3.8) is 0 Å². The Bertz CT molecular complexity index is 1600. The maximum absolute atomic E-state index is 5.47. The molecule has 0 N–H and O–H groups in total. The van der Waals surface area contributed by atoms with E-state index in [1.807, 2.05) is 22.7 Å². The van der Waals surface area contributed by atoms with Crippen molar-refractivity contribution in [2.75, 3.05) is 13.2 Å². The molecule has 4 aromatic carbocycles. The number of hydrogen-bond donors (Lipinski definition) is 0. The van der Waals surface area contributed by atoms with Crippen LogP contribution in [0.5, 0.6) is 0 Å². The van der Waals surface area contributed by atoms with Crippen LogP contribution < -0.4 is 0 Å². The number of aryl methyl sites for hydroxylation is 2. The van der Waals surface area contributed by atoms with Crippen LogP contribution in [-0.2, 0) is 11.2 Å². The van der Waals surface area contributed by atoms with E-state index < -0.39 is 0 Å². The minimum absolute atomic E-state index is 0.815. The SMILES string of the molecule is CCOCCCCc1ccc2cc3c(cc2c1)sc1c2cc4ccc(C)cc4cc2sc31. The van der Waals surface area contributed by atoms with Crippen molar-refractivity contribution in [3.8, 4) is 0 Å². The lowest BCUT2D eigenvalue weighted by atomic mass is 10.0. The molecular weight excluding hydrogens is 428 g/mol. The highest BCUT2D eigenvalue weighted by molar-refractivity contribution is 7.36. The van der Waals surface area contributed by atoms with Gasteiger partial charge in [-0.2, -0.15) is 0 Å². The molecule has 1 nitrogen and oxygen atoms in total. The van der Waals surface area contributed by atoms with Gasteiger partial charge in [0, 0.05) is 33.4 Å². The van der Waals surface area contributed by atoms with Crippen LogP contribution in [0, 0.1) is 6.92 Å². The van der Waals surface area contributed by atoms with Gasteiger partial charge in [0.1, 0.15) is 0 Å². The first-order valence-corrected chi connectivity index (χ1v) is 13.1. The number of rotatable bonds is 6. The van der Waals surface area contributed by atoms with Crippen LogP contribution in [0.1, 0.15) is 30.9 Å². The van der Waals surface area contributed by atoms with Gasteiger partial charge in [-0.1, -0.05) is 42.0 Å². The van der Waals surface area contributed by atoms with E-state index >= 15 is 0 Å². The first kappa shape index (κ1) is 20.2. The molecule has 0 bridgehead atoms. The zero-order valence-electron chi connectivity index (χ0n) is 18.5. The maximum atomic E-state index is 5.47. The van der Waals surface area contributed by atoms with Crippen molar-refractivity contribution in [1.29, 1.82) is 0 Å². The van der Waals surface area contributed by atoms with Gasteiger partial charge in [0.05, 0.1) is 9.40 Å². The van der Waals surface area contributed by atoms with Gasteiger partial charge in [-0.25, -0.2) is 0 Å². The fourth-order valence-corrected chi connectivity index (χ4v) is 7.44. The third kappa shape index (κ3) is 3.49. The summed E-state index contributed by atoms with van der Waals surface area (Å²) in [4.78, 5) is 0. The smallest absolute Gasteiger partial charge is 0.0542 e. The van der Waals surface area contributed by atoms with E-state index in [0.29, 0.717) is 0 Å². The molecule has 0 spiro atoms. The molecule has 0 unspecified atom stereocenters. The number of ether oxygens (including phenoxy) is 1. The van der Waals surface area contributed by atoms with Gasteiger partial charge in [-0.3, -0.25) is 0 Å². The van der Waals surface area contributed by atoms with Crippen LogP contribution in [-0.4, -0.2) is 13.2 Å². The van der Waals surface area contributed by atoms with Crippen molar-refractivity contribution in [2.45, 2.75) is 33.1 Å². The minimum atomic E-state index is 0.815. The molecule has 0 saturated heterocycles. The van der Waals surface area contributed by atoms with E-state index in [1.165, 1.54) is 68.7 Å². The Balaban J connectivity index is 1.42. The molecule has 0 saturated carbocycles. The standard InChI is InChI=1S/C29H26OS2/c1-3-30-11-5-4-6-19-8-10-21-15-25-27(17-23(21)13-19)32-28-24-14-20-9-7-18(2)12-22(20)16-26(24)31-29(25)28/h7-10,12-17H,3-6,11H2,1-2H3. The molecule has 6 aromatic rings. The molecule has 0 aliphatic carbocycles. The molecular formula is C29H26OS2. The van der Waals surface area contributed by atoms with E-state index in [-0.39, 0.29) is 0 Å². The molecule has 0 atom stereocenters. The normalized spacial score (nSPS) is 12.2. The molecule has 0 aliphatic rings. The second-order valence-corrected chi connectivity index (χ2v) is 10.8. The Labute approximate surface area is 196 Å².